The largest absolute Gasteiger partial charge is 0.384 e. The van der Waals surface area contributed by atoms with Gasteiger partial charge >= 0.3 is 10.3 Å². The average molecular weight is 391 g/mol. The fourth-order valence-corrected chi connectivity index (χ4v) is 3.17. The summed E-state index contributed by atoms with van der Waals surface area (Å²) in [5.74, 6) is 0.361. The molecule has 1 heterocycles. The molecule has 2 aromatic rings. The molecule has 0 aliphatic carbocycles. The average Bonchev–Trinajstić information content (AvgIpc) is 3.10. The smallest absolute Gasteiger partial charge is 0.371 e. The van der Waals surface area contributed by atoms with Gasteiger partial charge in [0.25, 0.3) is 0 Å². The Kier molecular flexibility index (Phi) is 6.98. The third-order valence-corrected chi connectivity index (χ3v) is 5.44. The van der Waals surface area contributed by atoms with E-state index in [1.54, 1.807) is 12.1 Å². The summed E-state index contributed by atoms with van der Waals surface area (Å²) in [7, 11) is -0.920. The highest BCUT2D eigenvalue weighted by atomic mass is 32.2. The Morgan fingerprint density at radius 1 is 0.963 bits per heavy atom. The molecule has 1 aliphatic heterocycles. The molecule has 0 spiro atoms. The van der Waals surface area contributed by atoms with Crippen LogP contribution in [0.15, 0.2) is 48.5 Å². The Morgan fingerprint density at radius 2 is 1.48 bits per heavy atom. The standard InChI is InChI=1S/C18H20N2O4S.C2H6/c1-20(2)25(22,23)24-16-9-7-14(8-10-16)13-3-5-15(6-4-13)17-11-12-18(21)19-17;1-2/h3-10,17H,11-12H2,1-2H3,(H,19,21);1-2H3. The molecule has 1 atom stereocenters. The molecule has 0 bridgehead atoms. The number of benzene rings is 2. The van der Waals surface area contributed by atoms with Crippen LogP contribution in [0.4, 0.5) is 0 Å². The van der Waals surface area contributed by atoms with Crippen LogP contribution in [0.2, 0.25) is 0 Å². The number of carbonyl (C=O) groups is 1. The van der Waals surface area contributed by atoms with Gasteiger partial charge in [0.05, 0.1) is 6.04 Å². The number of carbonyl (C=O) groups excluding carboxylic acids is 1. The van der Waals surface area contributed by atoms with Gasteiger partial charge in [0.2, 0.25) is 5.91 Å². The first-order valence-corrected chi connectivity index (χ1v) is 10.3. The minimum atomic E-state index is -3.75. The van der Waals surface area contributed by atoms with Gasteiger partial charge in [-0.2, -0.15) is 12.7 Å². The van der Waals surface area contributed by atoms with Crippen molar-refractivity contribution in [2.24, 2.45) is 0 Å². The Labute approximate surface area is 161 Å². The van der Waals surface area contributed by atoms with Crippen LogP contribution < -0.4 is 9.50 Å². The SMILES string of the molecule is CC.CN(C)S(=O)(=O)Oc1ccc(-c2ccc(C3CCC(=O)N3)cc2)cc1. The Balaban J connectivity index is 0.00000126. The number of nitrogens with zero attached hydrogens (tertiary/aromatic N) is 1. The van der Waals surface area contributed by atoms with Crippen molar-refractivity contribution < 1.29 is 17.4 Å². The zero-order valence-electron chi connectivity index (χ0n) is 16.1. The number of amides is 1. The van der Waals surface area contributed by atoms with Crippen LogP contribution in [0.5, 0.6) is 5.75 Å². The van der Waals surface area contributed by atoms with Crippen molar-refractivity contribution >= 4 is 16.2 Å². The molecule has 0 saturated carbocycles. The highest BCUT2D eigenvalue weighted by Gasteiger charge is 2.22. The summed E-state index contributed by atoms with van der Waals surface area (Å²) in [5, 5.41) is 2.95. The fraction of sp³-hybridized carbons (Fsp3) is 0.350. The molecule has 146 valence electrons. The normalized spacial score (nSPS) is 16.5. The maximum atomic E-state index is 11.7. The summed E-state index contributed by atoms with van der Waals surface area (Å²) in [5.41, 5.74) is 3.05. The molecule has 27 heavy (non-hydrogen) atoms. The maximum Gasteiger partial charge on any atom is 0.384 e. The van der Waals surface area contributed by atoms with Gasteiger partial charge < -0.3 is 9.50 Å². The van der Waals surface area contributed by atoms with Crippen molar-refractivity contribution in [2.75, 3.05) is 14.1 Å². The molecule has 2 aromatic carbocycles. The second-order valence-electron chi connectivity index (χ2n) is 6.13. The van der Waals surface area contributed by atoms with E-state index in [0.29, 0.717) is 6.42 Å². The fourth-order valence-electron chi connectivity index (χ4n) is 2.67. The van der Waals surface area contributed by atoms with Crippen molar-refractivity contribution in [1.29, 1.82) is 0 Å². The van der Waals surface area contributed by atoms with E-state index in [2.05, 4.69) is 5.32 Å². The van der Waals surface area contributed by atoms with E-state index in [0.717, 1.165) is 27.4 Å². The van der Waals surface area contributed by atoms with E-state index in [4.69, 9.17) is 4.18 Å². The lowest BCUT2D eigenvalue weighted by atomic mass is 10.00. The van der Waals surface area contributed by atoms with E-state index >= 15 is 0 Å². The van der Waals surface area contributed by atoms with Crippen LogP contribution in [0.25, 0.3) is 11.1 Å². The summed E-state index contributed by atoms with van der Waals surface area (Å²) in [4.78, 5) is 11.3. The summed E-state index contributed by atoms with van der Waals surface area (Å²) >= 11 is 0. The topological polar surface area (TPSA) is 75.7 Å². The highest BCUT2D eigenvalue weighted by molar-refractivity contribution is 7.84. The molecule has 1 fully saturated rings. The van der Waals surface area contributed by atoms with Crippen LogP contribution in [-0.2, 0) is 15.1 Å². The zero-order chi connectivity index (χ0) is 20.0. The monoisotopic (exact) mass is 390 g/mol. The predicted octanol–water partition coefficient (Wildman–Crippen LogP) is 3.52. The summed E-state index contributed by atoms with van der Waals surface area (Å²) in [6.07, 6.45) is 1.40. The molecule has 6 nitrogen and oxygen atoms in total. The van der Waals surface area contributed by atoms with Crippen LogP contribution >= 0.6 is 0 Å². The lowest BCUT2D eigenvalue weighted by Gasteiger charge is -2.13. The minimum Gasteiger partial charge on any atom is -0.371 e. The molecule has 1 N–H and O–H groups in total. The van der Waals surface area contributed by atoms with Crippen molar-refractivity contribution in [3.05, 3.63) is 54.1 Å². The van der Waals surface area contributed by atoms with E-state index in [1.165, 1.54) is 14.1 Å². The van der Waals surface area contributed by atoms with Gasteiger partial charge in [-0.3, -0.25) is 4.79 Å². The molecule has 1 amide bonds. The van der Waals surface area contributed by atoms with E-state index in [9.17, 15) is 13.2 Å². The molecule has 3 rings (SSSR count). The van der Waals surface area contributed by atoms with Crippen LogP contribution in [0.1, 0.15) is 38.3 Å². The van der Waals surface area contributed by atoms with Gasteiger partial charge in [0.15, 0.2) is 0 Å². The minimum absolute atomic E-state index is 0.0913. The van der Waals surface area contributed by atoms with Gasteiger partial charge in [-0.05, 0) is 35.2 Å². The highest BCUT2D eigenvalue weighted by Crippen LogP contribution is 2.28. The molecule has 0 aromatic heterocycles. The van der Waals surface area contributed by atoms with Gasteiger partial charge in [0.1, 0.15) is 5.75 Å². The third kappa shape index (κ3) is 5.30. The van der Waals surface area contributed by atoms with Crippen LogP contribution in [0.3, 0.4) is 0 Å². The number of nitrogens with one attached hydrogen (secondary N) is 1. The van der Waals surface area contributed by atoms with Gasteiger partial charge in [0, 0.05) is 20.5 Å². The Bertz CT molecular complexity index is 860. The second-order valence-corrected chi connectivity index (χ2v) is 7.88. The molecule has 0 radical (unpaired) electrons. The Morgan fingerprint density at radius 3 is 1.93 bits per heavy atom. The molecule has 1 saturated heterocycles. The van der Waals surface area contributed by atoms with Crippen LogP contribution in [0, 0.1) is 0 Å². The van der Waals surface area contributed by atoms with Gasteiger partial charge in [-0.1, -0.05) is 50.2 Å². The summed E-state index contributed by atoms with van der Waals surface area (Å²) < 4.78 is 29.5. The van der Waals surface area contributed by atoms with Gasteiger partial charge in [-0.15, -0.1) is 0 Å². The lowest BCUT2D eigenvalue weighted by Crippen LogP contribution is -2.26. The predicted molar refractivity (Wildman–Crippen MR) is 107 cm³/mol. The van der Waals surface area contributed by atoms with E-state index in [-0.39, 0.29) is 17.7 Å². The second kappa shape index (κ2) is 9.01. The first-order valence-electron chi connectivity index (χ1n) is 8.97. The van der Waals surface area contributed by atoms with E-state index < -0.39 is 10.3 Å². The van der Waals surface area contributed by atoms with E-state index in [1.807, 2.05) is 50.2 Å². The number of hydrogen-bond acceptors (Lipinski definition) is 4. The number of hydrogen-bond donors (Lipinski definition) is 1. The first-order chi connectivity index (χ1) is 12.8. The molecular weight excluding hydrogens is 364 g/mol. The molecule has 7 heteroatoms. The van der Waals surface area contributed by atoms with Crippen LogP contribution in [-0.4, -0.2) is 32.7 Å². The van der Waals surface area contributed by atoms with Crippen molar-refractivity contribution in [3.63, 3.8) is 0 Å². The maximum absolute atomic E-state index is 11.7. The lowest BCUT2D eigenvalue weighted by molar-refractivity contribution is -0.119. The summed E-state index contributed by atoms with van der Waals surface area (Å²) in [6.45, 7) is 4.00. The first kappa shape index (κ1) is 20.9. The van der Waals surface area contributed by atoms with Crippen molar-refractivity contribution in [3.8, 4) is 16.9 Å². The van der Waals surface area contributed by atoms with Gasteiger partial charge in [-0.25, -0.2) is 0 Å². The molecule has 1 unspecified atom stereocenters. The molecular formula is C20H26N2O4S. The van der Waals surface area contributed by atoms with Crippen molar-refractivity contribution in [1.82, 2.24) is 9.62 Å². The third-order valence-electron chi connectivity index (χ3n) is 4.14. The molecule has 1 aliphatic rings. The zero-order valence-corrected chi connectivity index (χ0v) is 16.9. The number of rotatable bonds is 5. The Hall–Kier alpha value is -2.38. The summed E-state index contributed by atoms with van der Waals surface area (Å²) in [6, 6.07) is 15.0. The van der Waals surface area contributed by atoms with Crippen molar-refractivity contribution in [2.45, 2.75) is 32.7 Å². The quantitative estimate of drug-likeness (QED) is 0.848.